The smallest absolute Gasteiger partial charge is 0.382 e. The van der Waals surface area contributed by atoms with E-state index in [4.69, 9.17) is 9.47 Å². The van der Waals surface area contributed by atoms with E-state index in [1.165, 1.54) is 0 Å². The quantitative estimate of drug-likeness (QED) is 0.617. The zero-order chi connectivity index (χ0) is 10.9. The second-order valence-electron chi connectivity index (χ2n) is 2.72. The Labute approximate surface area is 81.6 Å². The standard InChI is InChI=1S/C8H16F3NO2/c1-13-6-7-14-5-4-12-3-2-8(9,10)11/h12H,2-7H2,1H3. The molecule has 0 aliphatic rings. The molecule has 0 rings (SSSR count). The second kappa shape index (κ2) is 8.02. The van der Waals surface area contributed by atoms with Crippen LogP contribution < -0.4 is 5.32 Å². The predicted molar refractivity (Wildman–Crippen MR) is 46.2 cm³/mol. The van der Waals surface area contributed by atoms with Crippen molar-refractivity contribution in [2.45, 2.75) is 12.6 Å². The van der Waals surface area contributed by atoms with Gasteiger partial charge in [0.2, 0.25) is 0 Å². The minimum absolute atomic E-state index is 0.0584. The van der Waals surface area contributed by atoms with Gasteiger partial charge in [-0.15, -0.1) is 0 Å². The summed E-state index contributed by atoms with van der Waals surface area (Å²) < 4.78 is 44.7. The molecule has 0 radical (unpaired) electrons. The molecule has 0 aromatic rings. The van der Waals surface area contributed by atoms with E-state index in [0.29, 0.717) is 26.4 Å². The van der Waals surface area contributed by atoms with Crippen LogP contribution in [0.25, 0.3) is 0 Å². The second-order valence-corrected chi connectivity index (χ2v) is 2.72. The molecule has 1 N–H and O–H groups in total. The lowest BCUT2D eigenvalue weighted by atomic mass is 10.4. The van der Waals surface area contributed by atoms with Crippen molar-refractivity contribution >= 4 is 0 Å². The van der Waals surface area contributed by atoms with Crippen LogP contribution in [-0.2, 0) is 9.47 Å². The molecule has 0 unspecified atom stereocenters. The minimum Gasteiger partial charge on any atom is -0.382 e. The van der Waals surface area contributed by atoms with Gasteiger partial charge >= 0.3 is 6.18 Å². The summed E-state index contributed by atoms with van der Waals surface area (Å²) >= 11 is 0. The molecule has 6 heteroatoms. The summed E-state index contributed by atoms with van der Waals surface area (Å²) in [7, 11) is 1.56. The number of rotatable bonds is 8. The molecule has 0 atom stereocenters. The average molecular weight is 215 g/mol. The van der Waals surface area contributed by atoms with Crippen molar-refractivity contribution in [2.24, 2.45) is 0 Å². The molecule has 0 saturated heterocycles. The largest absolute Gasteiger partial charge is 0.390 e. The number of alkyl halides is 3. The van der Waals surface area contributed by atoms with Gasteiger partial charge < -0.3 is 14.8 Å². The molecule has 0 saturated carbocycles. The first-order valence-electron chi connectivity index (χ1n) is 4.40. The number of ether oxygens (including phenoxy) is 2. The monoisotopic (exact) mass is 215 g/mol. The molecule has 0 aromatic carbocycles. The fraction of sp³-hybridized carbons (Fsp3) is 1.00. The van der Waals surface area contributed by atoms with Gasteiger partial charge in [-0.2, -0.15) is 13.2 Å². The molecule has 0 aliphatic heterocycles. The van der Waals surface area contributed by atoms with Gasteiger partial charge in [-0.1, -0.05) is 0 Å². The third kappa shape index (κ3) is 11.7. The van der Waals surface area contributed by atoms with E-state index in [1.807, 2.05) is 0 Å². The lowest BCUT2D eigenvalue weighted by Crippen LogP contribution is -2.25. The van der Waals surface area contributed by atoms with Crippen molar-refractivity contribution in [1.29, 1.82) is 0 Å². The molecule has 0 spiro atoms. The first-order valence-corrected chi connectivity index (χ1v) is 4.40. The lowest BCUT2D eigenvalue weighted by Gasteiger charge is -2.07. The predicted octanol–water partition coefficient (Wildman–Crippen LogP) is 1.19. The van der Waals surface area contributed by atoms with Crippen LogP contribution >= 0.6 is 0 Å². The topological polar surface area (TPSA) is 30.5 Å². The van der Waals surface area contributed by atoms with Gasteiger partial charge in [-0.05, 0) is 0 Å². The molecule has 86 valence electrons. The molecule has 0 aromatic heterocycles. The van der Waals surface area contributed by atoms with E-state index >= 15 is 0 Å². The van der Waals surface area contributed by atoms with E-state index in [0.717, 1.165) is 0 Å². The Morgan fingerprint density at radius 3 is 2.36 bits per heavy atom. The average Bonchev–Trinajstić information content (AvgIpc) is 2.08. The summed E-state index contributed by atoms with van der Waals surface area (Å²) in [5.41, 5.74) is 0. The Bertz CT molecular complexity index is 130. The van der Waals surface area contributed by atoms with Crippen LogP contribution in [0.2, 0.25) is 0 Å². The highest BCUT2D eigenvalue weighted by molar-refractivity contribution is 4.53. The van der Waals surface area contributed by atoms with Crippen LogP contribution in [0.5, 0.6) is 0 Å². The van der Waals surface area contributed by atoms with Crippen molar-refractivity contribution in [3.8, 4) is 0 Å². The van der Waals surface area contributed by atoms with Crippen LogP contribution in [0.15, 0.2) is 0 Å². The number of hydrogen-bond acceptors (Lipinski definition) is 3. The molecular weight excluding hydrogens is 199 g/mol. The Hall–Kier alpha value is -0.330. The van der Waals surface area contributed by atoms with E-state index in [2.05, 4.69) is 5.32 Å². The molecule has 0 bridgehead atoms. The number of hydrogen-bond donors (Lipinski definition) is 1. The Kier molecular flexibility index (Phi) is 7.83. The van der Waals surface area contributed by atoms with Gasteiger partial charge in [-0.3, -0.25) is 0 Å². The zero-order valence-electron chi connectivity index (χ0n) is 8.19. The Morgan fingerprint density at radius 2 is 1.79 bits per heavy atom. The molecule has 0 heterocycles. The van der Waals surface area contributed by atoms with E-state index in [1.54, 1.807) is 7.11 Å². The van der Waals surface area contributed by atoms with Crippen molar-refractivity contribution in [1.82, 2.24) is 5.32 Å². The summed E-state index contributed by atoms with van der Waals surface area (Å²) in [5, 5.41) is 2.63. The molecule has 0 aliphatic carbocycles. The number of methoxy groups -OCH3 is 1. The van der Waals surface area contributed by atoms with Crippen molar-refractivity contribution < 1.29 is 22.6 Å². The molecule has 3 nitrogen and oxygen atoms in total. The highest BCUT2D eigenvalue weighted by atomic mass is 19.4. The van der Waals surface area contributed by atoms with Crippen LogP contribution in [-0.4, -0.2) is 46.2 Å². The molecule has 14 heavy (non-hydrogen) atoms. The maximum Gasteiger partial charge on any atom is 0.390 e. The summed E-state index contributed by atoms with van der Waals surface area (Å²) in [6.45, 7) is 1.75. The van der Waals surface area contributed by atoms with Gasteiger partial charge in [0.05, 0.1) is 26.2 Å². The number of nitrogens with one attached hydrogen (secondary N) is 1. The SMILES string of the molecule is COCCOCCNCCC(F)(F)F. The number of halogens is 3. The van der Waals surface area contributed by atoms with Gasteiger partial charge in [0.15, 0.2) is 0 Å². The maximum absolute atomic E-state index is 11.6. The Balaban J connectivity index is 2.99. The summed E-state index contributed by atoms with van der Waals surface area (Å²) in [5.74, 6) is 0. The van der Waals surface area contributed by atoms with Gasteiger partial charge in [0.25, 0.3) is 0 Å². The summed E-state index contributed by atoms with van der Waals surface area (Å²) in [6.07, 6.45) is -4.88. The third-order valence-corrected chi connectivity index (χ3v) is 1.44. The molecule has 0 fully saturated rings. The van der Waals surface area contributed by atoms with Gasteiger partial charge in [-0.25, -0.2) is 0 Å². The summed E-state index contributed by atoms with van der Waals surface area (Å²) in [4.78, 5) is 0. The van der Waals surface area contributed by atoms with Gasteiger partial charge in [0.1, 0.15) is 0 Å². The van der Waals surface area contributed by atoms with Crippen LogP contribution in [0, 0.1) is 0 Å². The zero-order valence-corrected chi connectivity index (χ0v) is 8.19. The summed E-state index contributed by atoms with van der Waals surface area (Å²) in [6, 6.07) is 0. The molecule has 0 amide bonds. The maximum atomic E-state index is 11.6. The lowest BCUT2D eigenvalue weighted by molar-refractivity contribution is -0.133. The van der Waals surface area contributed by atoms with Gasteiger partial charge in [0, 0.05) is 20.2 Å². The van der Waals surface area contributed by atoms with Crippen LogP contribution in [0.3, 0.4) is 0 Å². The van der Waals surface area contributed by atoms with Crippen LogP contribution in [0.4, 0.5) is 13.2 Å². The minimum atomic E-state index is -4.08. The normalized spacial score (nSPS) is 12.0. The van der Waals surface area contributed by atoms with Crippen molar-refractivity contribution in [2.75, 3.05) is 40.0 Å². The fourth-order valence-corrected chi connectivity index (χ4v) is 0.744. The highest BCUT2D eigenvalue weighted by Crippen LogP contribution is 2.17. The van der Waals surface area contributed by atoms with E-state index < -0.39 is 12.6 Å². The van der Waals surface area contributed by atoms with Crippen molar-refractivity contribution in [3.05, 3.63) is 0 Å². The van der Waals surface area contributed by atoms with Crippen LogP contribution in [0.1, 0.15) is 6.42 Å². The first-order chi connectivity index (χ1) is 6.56. The highest BCUT2D eigenvalue weighted by Gasteiger charge is 2.25. The molecular formula is C8H16F3NO2. The van der Waals surface area contributed by atoms with E-state index in [9.17, 15) is 13.2 Å². The van der Waals surface area contributed by atoms with E-state index in [-0.39, 0.29) is 6.54 Å². The first kappa shape index (κ1) is 13.7. The third-order valence-electron chi connectivity index (χ3n) is 1.44. The Morgan fingerprint density at radius 1 is 1.07 bits per heavy atom. The fourth-order valence-electron chi connectivity index (χ4n) is 0.744. The van der Waals surface area contributed by atoms with Crippen molar-refractivity contribution in [3.63, 3.8) is 0 Å².